The number of hydrogen-bond donors (Lipinski definition) is 0. The summed E-state index contributed by atoms with van der Waals surface area (Å²) in [7, 11) is 0. The lowest BCUT2D eigenvalue weighted by atomic mass is 10.1. The Kier molecular flexibility index (Phi) is 2.90. The molecule has 13 heavy (non-hydrogen) atoms. The van der Waals surface area contributed by atoms with E-state index >= 15 is 0 Å². The normalized spacial score (nSPS) is 18.2. The van der Waals surface area contributed by atoms with E-state index in [0.717, 1.165) is 12.8 Å². The molecule has 0 radical (unpaired) electrons. The molecule has 0 saturated carbocycles. The van der Waals surface area contributed by atoms with Gasteiger partial charge in [-0.1, -0.05) is 19.3 Å². The summed E-state index contributed by atoms with van der Waals surface area (Å²) >= 11 is 0. The zero-order chi connectivity index (χ0) is 8.93. The van der Waals surface area contributed by atoms with Crippen molar-refractivity contribution in [2.75, 3.05) is 0 Å². The van der Waals surface area contributed by atoms with Crippen molar-refractivity contribution in [3.63, 3.8) is 0 Å². The van der Waals surface area contributed by atoms with E-state index in [4.69, 9.17) is 0 Å². The molecule has 1 aliphatic carbocycles. The van der Waals surface area contributed by atoms with E-state index in [-0.39, 0.29) is 0 Å². The molecule has 0 amide bonds. The van der Waals surface area contributed by atoms with Gasteiger partial charge >= 0.3 is 0 Å². The third kappa shape index (κ3) is 2.27. The average molecular weight is 176 g/mol. The number of nitrogens with zero attached hydrogens (tertiary/aromatic N) is 2. The molecule has 1 aromatic heterocycles. The zero-order valence-corrected chi connectivity index (χ0v) is 8.00. The minimum atomic E-state index is 1.13. The lowest BCUT2D eigenvalue weighted by molar-refractivity contribution is 0.627. The molecule has 2 nitrogen and oxygen atoms in total. The van der Waals surface area contributed by atoms with Gasteiger partial charge in [0.25, 0.3) is 0 Å². The molecule has 0 fully saturated rings. The Hall–Kier alpha value is -0.920. The number of rotatable bonds is 0. The van der Waals surface area contributed by atoms with Gasteiger partial charge in [-0.2, -0.15) is 0 Å². The lowest BCUT2D eigenvalue weighted by Crippen LogP contribution is -1.99. The van der Waals surface area contributed by atoms with Gasteiger partial charge in [0.2, 0.25) is 0 Å². The summed E-state index contributed by atoms with van der Waals surface area (Å²) in [6.07, 6.45) is 12.6. The van der Waals surface area contributed by atoms with Crippen molar-refractivity contribution < 1.29 is 0 Å². The van der Waals surface area contributed by atoms with Crippen molar-refractivity contribution in [2.45, 2.75) is 44.9 Å². The Balaban J connectivity index is 2.17. The molecular formula is C11H16N2. The smallest absolute Gasteiger partial charge is 0.0618 e. The first-order valence-corrected chi connectivity index (χ1v) is 5.25. The molecule has 1 aromatic rings. The Morgan fingerprint density at radius 1 is 0.692 bits per heavy atom. The van der Waals surface area contributed by atoms with Crippen LogP contribution < -0.4 is 0 Å². The minimum absolute atomic E-state index is 1.13. The van der Waals surface area contributed by atoms with Crippen molar-refractivity contribution in [3.05, 3.63) is 23.8 Å². The second-order valence-corrected chi connectivity index (χ2v) is 3.72. The van der Waals surface area contributed by atoms with Crippen LogP contribution >= 0.6 is 0 Å². The maximum absolute atomic E-state index is 4.40. The van der Waals surface area contributed by atoms with E-state index < -0.39 is 0 Å². The molecule has 0 aromatic carbocycles. The maximum atomic E-state index is 4.40. The van der Waals surface area contributed by atoms with Crippen molar-refractivity contribution in [1.29, 1.82) is 0 Å². The maximum Gasteiger partial charge on any atom is 0.0618 e. The summed E-state index contributed by atoms with van der Waals surface area (Å²) in [6, 6.07) is 0. The summed E-state index contributed by atoms with van der Waals surface area (Å²) in [5.74, 6) is 0. The molecule has 2 heteroatoms. The first-order chi connectivity index (χ1) is 6.47. The lowest BCUT2D eigenvalue weighted by Gasteiger charge is -2.03. The highest BCUT2D eigenvalue weighted by molar-refractivity contribution is 5.11. The number of aromatic nitrogens is 2. The van der Waals surface area contributed by atoms with Gasteiger partial charge in [-0.05, 0) is 25.7 Å². The minimum Gasteiger partial charge on any atom is -0.258 e. The molecule has 0 N–H and O–H groups in total. The highest BCUT2D eigenvalue weighted by Crippen LogP contribution is 2.15. The fraction of sp³-hybridized carbons (Fsp3) is 0.636. The van der Waals surface area contributed by atoms with Crippen LogP contribution in [0.4, 0.5) is 0 Å². The zero-order valence-electron chi connectivity index (χ0n) is 8.00. The van der Waals surface area contributed by atoms with Crippen LogP contribution in [-0.4, -0.2) is 9.97 Å². The second kappa shape index (κ2) is 4.35. The monoisotopic (exact) mass is 176 g/mol. The van der Waals surface area contributed by atoms with Crippen molar-refractivity contribution >= 4 is 0 Å². The quantitative estimate of drug-likeness (QED) is 0.607. The van der Waals surface area contributed by atoms with E-state index in [1.165, 1.54) is 43.5 Å². The Labute approximate surface area is 79.4 Å². The summed E-state index contributed by atoms with van der Waals surface area (Å²) in [6.45, 7) is 0. The Morgan fingerprint density at radius 3 is 1.69 bits per heavy atom. The van der Waals surface area contributed by atoms with Gasteiger partial charge in [0.05, 0.1) is 11.4 Å². The first kappa shape index (κ1) is 8.67. The Bertz CT molecular complexity index is 244. The van der Waals surface area contributed by atoms with Gasteiger partial charge < -0.3 is 0 Å². The molecule has 70 valence electrons. The van der Waals surface area contributed by atoms with Crippen LogP contribution in [0.5, 0.6) is 0 Å². The highest BCUT2D eigenvalue weighted by Gasteiger charge is 2.06. The van der Waals surface area contributed by atoms with Crippen LogP contribution in [0.1, 0.15) is 43.5 Å². The third-order valence-corrected chi connectivity index (χ3v) is 2.69. The van der Waals surface area contributed by atoms with Gasteiger partial charge in [-0.3, -0.25) is 9.97 Å². The van der Waals surface area contributed by atoms with Gasteiger partial charge in [0.15, 0.2) is 0 Å². The van der Waals surface area contributed by atoms with Crippen molar-refractivity contribution in [3.8, 4) is 0 Å². The van der Waals surface area contributed by atoms with Crippen LogP contribution in [-0.2, 0) is 12.8 Å². The molecule has 0 bridgehead atoms. The van der Waals surface area contributed by atoms with Crippen LogP contribution in [0.25, 0.3) is 0 Å². The molecule has 0 spiro atoms. The van der Waals surface area contributed by atoms with Crippen LogP contribution in [0.2, 0.25) is 0 Å². The van der Waals surface area contributed by atoms with Gasteiger partial charge in [-0.25, -0.2) is 0 Å². The van der Waals surface area contributed by atoms with E-state index in [2.05, 4.69) is 9.97 Å². The van der Waals surface area contributed by atoms with Crippen molar-refractivity contribution in [1.82, 2.24) is 9.97 Å². The molecule has 2 rings (SSSR count). The van der Waals surface area contributed by atoms with Crippen LogP contribution in [0.3, 0.4) is 0 Å². The van der Waals surface area contributed by atoms with Crippen LogP contribution in [0, 0.1) is 0 Å². The molecule has 0 atom stereocenters. The van der Waals surface area contributed by atoms with Gasteiger partial charge in [0.1, 0.15) is 0 Å². The standard InChI is InChI=1S/C11H16N2/c1-2-4-6-10-11(7-5-3-1)13-9-8-12-10/h8-9H,1-7H2. The van der Waals surface area contributed by atoms with Crippen LogP contribution in [0.15, 0.2) is 12.4 Å². The number of hydrogen-bond acceptors (Lipinski definition) is 2. The SMILES string of the molecule is c1cnc2c(n1)CCCCCCC2. The molecule has 1 aliphatic rings. The van der Waals surface area contributed by atoms with Gasteiger partial charge in [-0.15, -0.1) is 0 Å². The summed E-state index contributed by atoms with van der Waals surface area (Å²) < 4.78 is 0. The predicted octanol–water partition coefficient (Wildman–Crippen LogP) is 2.53. The van der Waals surface area contributed by atoms with E-state index in [9.17, 15) is 0 Å². The summed E-state index contributed by atoms with van der Waals surface area (Å²) in [4.78, 5) is 8.80. The molecule has 0 unspecified atom stereocenters. The largest absolute Gasteiger partial charge is 0.258 e. The molecule has 0 aliphatic heterocycles. The Morgan fingerprint density at radius 2 is 1.15 bits per heavy atom. The molecule has 1 heterocycles. The van der Waals surface area contributed by atoms with E-state index in [1.807, 2.05) is 12.4 Å². The summed E-state index contributed by atoms with van der Waals surface area (Å²) in [5, 5.41) is 0. The summed E-state index contributed by atoms with van der Waals surface area (Å²) in [5.41, 5.74) is 2.48. The average Bonchev–Trinajstić information content (AvgIpc) is 2.28. The number of fused-ring (bicyclic) bond motifs is 1. The fourth-order valence-corrected chi connectivity index (χ4v) is 1.93. The third-order valence-electron chi connectivity index (χ3n) is 2.69. The fourth-order valence-electron chi connectivity index (χ4n) is 1.93. The van der Waals surface area contributed by atoms with Gasteiger partial charge in [0, 0.05) is 12.4 Å². The molecular weight excluding hydrogens is 160 g/mol. The van der Waals surface area contributed by atoms with E-state index in [0.29, 0.717) is 0 Å². The topological polar surface area (TPSA) is 25.8 Å². The second-order valence-electron chi connectivity index (χ2n) is 3.72. The van der Waals surface area contributed by atoms with E-state index in [1.54, 1.807) is 0 Å². The number of aryl methyl sites for hydroxylation is 2. The highest BCUT2D eigenvalue weighted by atomic mass is 14.8. The predicted molar refractivity (Wildman–Crippen MR) is 52.5 cm³/mol. The first-order valence-electron chi connectivity index (χ1n) is 5.25. The molecule has 0 saturated heterocycles. The van der Waals surface area contributed by atoms with Crippen molar-refractivity contribution in [2.24, 2.45) is 0 Å².